The minimum absolute atomic E-state index is 0.0168. The van der Waals surface area contributed by atoms with E-state index in [1.54, 1.807) is 12.1 Å². The first-order valence-electron chi connectivity index (χ1n) is 6.03. The van der Waals surface area contributed by atoms with Crippen LogP contribution >= 0.6 is 0 Å². The molecule has 0 fully saturated rings. The van der Waals surface area contributed by atoms with Crippen molar-refractivity contribution in [1.82, 2.24) is 4.57 Å². The molecule has 0 atom stereocenters. The summed E-state index contributed by atoms with van der Waals surface area (Å²) in [5.74, 6) is 0. The van der Waals surface area contributed by atoms with E-state index in [2.05, 4.69) is 16.1 Å². The molecule has 0 saturated carbocycles. The highest BCUT2D eigenvalue weighted by Gasteiger charge is 1.99. The maximum absolute atomic E-state index is 8.72. The van der Waals surface area contributed by atoms with Crippen molar-refractivity contribution in [3.8, 4) is 12.1 Å². The molecule has 1 aromatic heterocycles. The van der Waals surface area contributed by atoms with Gasteiger partial charge in [-0.1, -0.05) is 24.3 Å². The topological polar surface area (TPSA) is 64.9 Å². The number of nitrogens with zero attached hydrogens (tertiary/aromatic N) is 4. The Morgan fingerprint density at radius 2 is 2.00 bits per heavy atom. The zero-order valence-electron chi connectivity index (χ0n) is 10.8. The molecule has 20 heavy (non-hydrogen) atoms. The van der Waals surface area contributed by atoms with Crippen molar-refractivity contribution in [3.63, 3.8) is 0 Å². The second-order valence-electron chi connectivity index (χ2n) is 4.05. The van der Waals surface area contributed by atoms with Gasteiger partial charge in [0.25, 0.3) is 0 Å². The van der Waals surface area contributed by atoms with Crippen LogP contribution in [0.3, 0.4) is 0 Å². The van der Waals surface area contributed by atoms with E-state index in [0.29, 0.717) is 6.54 Å². The Bertz CT molecular complexity index is 810. The molecule has 0 unspecified atom stereocenters. The van der Waals surface area contributed by atoms with E-state index in [9.17, 15) is 0 Å². The van der Waals surface area contributed by atoms with Gasteiger partial charge in [0.1, 0.15) is 17.7 Å². The monoisotopic (exact) mass is 260 g/mol. The van der Waals surface area contributed by atoms with Crippen molar-refractivity contribution in [1.29, 1.82) is 10.5 Å². The van der Waals surface area contributed by atoms with E-state index >= 15 is 0 Å². The van der Waals surface area contributed by atoms with Gasteiger partial charge >= 0.3 is 0 Å². The van der Waals surface area contributed by atoms with Gasteiger partial charge in [-0.05, 0) is 12.1 Å². The van der Waals surface area contributed by atoms with E-state index < -0.39 is 0 Å². The van der Waals surface area contributed by atoms with Crippen LogP contribution in [0.15, 0.2) is 65.9 Å². The van der Waals surface area contributed by atoms with Crippen LogP contribution in [0.25, 0.3) is 10.9 Å². The number of allylic oxidation sites excluding steroid dienone is 2. The predicted octanol–water partition coefficient (Wildman–Crippen LogP) is 2.66. The van der Waals surface area contributed by atoms with Crippen LogP contribution in [0.2, 0.25) is 0 Å². The van der Waals surface area contributed by atoms with Crippen LogP contribution < -0.4 is 5.36 Å². The fraction of sp³-hybridized carbons (Fsp3) is 0.0625. The summed E-state index contributed by atoms with van der Waals surface area (Å²) in [5.41, 5.74) is 1.01. The van der Waals surface area contributed by atoms with Crippen LogP contribution in [0, 0.1) is 22.7 Å². The molecule has 1 heterocycles. The smallest absolute Gasteiger partial charge is 0.147 e. The van der Waals surface area contributed by atoms with Crippen molar-refractivity contribution in [2.45, 2.75) is 6.54 Å². The summed E-state index contributed by atoms with van der Waals surface area (Å²) in [6.45, 7) is 4.45. The lowest BCUT2D eigenvalue weighted by atomic mass is 10.2. The third-order valence-electron chi connectivity index (χ3n) is 2.80. The van der Waals surface area contributed by atoms with Crippen molar-refractivity contribution in [3.05, 3.63) is 66.3 Å². The number of pyridine rings is 1. The zero-order valence-corrected chi connectivity index (χ0v) is 10.8. The second kappa shape index (κ2) is 6.17. The Labute approximate surface area is 116 Å². The fourth-order valence-electron chi connectivity index (χ4n) is 1.90. The van der Waals surface area contributed by atoms with Crippen molar-refractivity contribution in [2.75, 3.05) is 0 Å². The predicted molar refractivity (Wildman–Crippen MR) is 77.0 cm³/mol. The van der Waals surface area contributed by atoms with Gasteiger partial charge in [0, 0.05) is 18.1 Å². The van der Waals surface area contributed by atoms with Gasteiger partial charge < -0.3 is 4.57 Å². The van der Waals surface area contributed by atoms with Crippen LogP contribution in [0.5, 0.6) is 0 Å². The van der Waals surface area contributed by atoms with Crippen LogP contribution in [-0.4, -0.2) is 4.57 Å². The van der Waals surface area contributed by atoms with Gasteiger partial charge in [0.15, 0.2) is 0 Å². The minimum atomic E-state index is -0.0168. The molecule has 1 aromatic carbocycles. The summed E-state index contributed by atoms with van der Waals surface area (Å²) in [5, 5.41) is 19.1. The Hall–Kier alpha value is -3.11. The molecule has 0 amide bonds. The number of fused-ring (bicyclic) bond motifs is 1. The molecule has 0 aliphatic carbocycles. The molecular formula is C16H12N4. The molecule has 4 nitrogen and oxygen atoms in total. The minimum Gasteiger partial charge on any atom is -0.344 e. The van der Waals surface area contributed by atoms with Gasteiger partial charge in [-0.25, -0.2) is 0 Å². The summed E-state index contributed by atoms with van der Waals surface area (Å²) in [6.07, 6.45) is 5.03. The van der Waals surface area contributed by atoms with E-state index in [1.807, 2.05) is 42.6 Å². The average molecular weight is 260 g/mol. The summed E-state index contributed by atoms with van der Waals surface area (Å²) >= 11 is 0. The summed E-state index contributed by atoms with van der Waals surface area (Å²) < 4.78 is 2.06. The molecule has 2 aromatic rings. The van der Waals surface area contributed by atoms with Gasteiger partial charge in [-0.2, -0.15) is 10.5 Å². The highest BCUT2D eigenvalue weighted by Crippen LogP contribution is 2.09. The fourth-order valence-corrected chi connectivity index (χ4v) is 1.90. The zero-order chi connectivity index (χ0) is 14.4. The molecule has 0 aliphatic heterocycles. The summed E-state index contributed by atoms with van der Waals surface area (Å²) in [6, 6.07) is 13.3. The van der Waals surface area contributed by atoms with Crippen molar-refractivity contribution in [2.24, 2.45) is 4.99 Å². The van der Waals surface area contributed by atoms with Gasteiger partial charge in [0.2, 0.25) is 0 Å². The lowest BCUT2D eigenvalue weighted by molar-refractivity contribution is 0.851. The van der Waals surface area contributed by atoms with Crippen LogP contribution in [-0.2, 0) is 6.54 Å². The van der Waals surface area contributed by atoms with Gasteiger partial charge in [-0.15, -0.1) is 6.58 Å². The highest BCUT2D eigenvalue weighted by molar-refractivity contribution is 5.78. The van der Waals surface area contributed by atoms with E-state index in [-0.39, 0.29) is 5.57 Å². The molecule has 0 aliphatic rings. The first-order valence-corrected chi connectivity index (χ1v) is 6.03. The van der Waals surface area contributed by atoms with Gasteiger partial charge in [0.05, 0.1) is 17.1 Å². The third kappa shape index (κ3) is 2.66. The maximum atomic E-state index is 8.72. The Morgan fingerprint density at radius 1 is 1.25 bits per heavy atom. The van der Waals surface area contributed by atoms with Gasteiger partial charge in [-0.3, -0.25) is 4.99 Å². The summed E-state index contributed by atoms with van der Waals surface area (Å²) in [4.78, 5) is 4.23. The average Bonchev–Trinajstić information content (AvgIpc) is 2.50. The number of benzene rings is 1. The van der Waals surface area contributed by atoms with Crippen LogP contribution in [0.4, 0.5) is 0 Å². The Morgan fingerprint density at radius 3 is 2.70 bits per heavy atom. The van der Waals surface area contributed by atoms with Crippen molar-refractivity contribution >= 4 is 10.9 Å². The second-order valence-corrected chi connectivity index (χ2v) is 4.05. The van der Waals surface area contributed by atoms with E-state index in [0.717, 1.165) is 16.3 Å². The highest BCUT2D eigenvalue weighted by atomic mass is 14.9. The van der Waals surface area contributed by atoms with Crippen molar-refractivity contribution < 1.29 is 0 Å². The van der Waals surface area contributed by atoms with E-state index in [1.165, 1.54) is 6.20 Å². The molecule has 0 N–H and O–H groups in total. The molecule has 0 radical (unpaired) electrons. The molecule has 0 bridgehead atoms. The molecular weight excluding hydrogens is 248 g/mol. The third-order valence-corrected chi connectivity index (χ3v) is 2.80. The maximum Gasteiger partial charge on any atom is 0.147 e. The Kier molecular flexibility index (Phi) is 4.11. The normalized spacial score (nSPS) is 10.6. The standard InChI is InChI=1S/C16H12N4/c1-2-8-20-9-7-15(19-12-13(10-17)11-18)14-5-3-4-6-16(14)20/h2-7,9,12H,1,8H2. The molecule has 4 heteroatoms. The number of para-hydroxylation sites is 1. The number of nitriles is 2. The molecule has 0 saturated heterocycles. The number of hydrogen-bond donors (Lipinski definition) is 0. The lowest BCUT2D eigenvalue weighted by Gasteiger charge is -2.08. The molecule has 0 spiro atoms. The van der Waals surface area contributed by atoms with Crippen LogP contribution in [0.1, 0.15) is 0 Å². The largest absolute Gasteiger partial charge is 0.344 e. The van der Waals surface area contributed by atoms with E-state index in [4.69, 9.17) is 10.5 Å². The lowest BCUT2D eigenvalue weighted by Crippen LogP contribution is -2.08. The first kappa shape index (κ1) is 13.3. The number of aromatic nitrogens is 1. The summed E-state index contributed by atoms with van der Waals surface area (Å²) in [7, 11) is 0. The number of hydrogen-bond acceptors (Lipinski definition) is 3. The first-order chi connectivity index (χ1) is 9.80. The quantitative estimate of drug-likeness (QED) is 0.629. The Balaban J connectivity index is 2.69. The molecule has 2 rings (SSSR count). The number of rotatable bonds is 3. The SMILES string of the molecule is C=CCn1ccc(=NC=C(C#N)C#N)c2ccccc21. The molecule has 96 valence electrons.